The lowest BCUT2D eigenvalue weighted by molar-refractivity contribution is -0.385. The van der Waals surface area contributed by atoms with Gasteiger partial charge in [-0.25, -0.2) is 0 Å². The fourth-order valence-electron chi connectivity index (χ4n) is 3.75. The maximum absolute atomic E-state index is 12.4. The summed E-state index contributed by atoms with van der Waals surface area (Å²) < 4.78 is 28.4. The molecule has 2 bridgehead atoms. The fraction of sp³-hybridized carbons (Fsp3) is 0.704. The number of nitro benzene ring substituents is 1. The van der Waals surface area contributed by atoms with Gasteiger partial charge in [-0.1, -0.05) is 11.8 Å². The molecule has 11 nitrogen and oxygen atoms in total. The molecule has 0 saturated heterocycles. The predicted octanol–water partition coefficient (Wildman–Crippen LogP) is 4.21. The van der Waals surface area contributed by atoms with E-state index in [9.17, 15) is 19.7 Å². The van der Waals surface area contributed by atoms with Gasteiger partial charge in [0.1, 0.15) is 12.4 Å². The molecule has 0 atom stereocenters. The molecule has 0 aromatic heterocycles. The topological polar surface area (TPSA) is 149 Å². The molecule has 220 valence electrons. The van der Waals surface area contributed by atoms with Crippen LogP contribution in [0.15, 0.2) is 12.1 Å². The first-order valence-electron chi connectivity index (χ1n) is 13.7. The van der Waals surface area contributed by atoms with Crippen LogP contribution in [0.4, 0.5) is 5.69 Å². The molecule has 2 heterocycles. The van der Waals surface area contributed by atoms with Gasteiger partial charge in [0.15, 0.2) is 16.6 Å². The number of nitro groups is 1. The molecule has 0 saturated carbocycles. The van der Waals surface area contributed by atoms with Gasteiger partial charge in [-0.3, -0.25) is 19.7 Å². The van der Waals surface area contributed by atoms with Crippen LogP contribution in [0.25, 0.3) is 0 Å². The summed E-state index contributed by atoms with van der Waals surface area (Å²) in [6, 6.07) is 2.88. The van der Waals surface area contributed by atoms with Crippen molar-refractivity contribution < 1.29 is 38.2 Å². The normalized spacial score (nSPS) is 17.3. The summed E-state index contributed by atoms with van der Waals surface area (Å²) in [6.45, 7) is 3.83. The number of Topliss-reactive ketones (excluding diaryl/α,β-unsaturated/α-hetero) is 1. The van der Waals surface area contributed by atoms with Gasteiger partial charge in [0.25, 0.3) is 5.69 Å². The maximum Gasteiger partial charge on any atom is 0.277 e. The van der Waals surface area contributed by atoms with Crippen LogP contribution in [0.5, 0.6) is 11.5 Å². The number of hydrogen-bond acceptors (Lipinski definition) is 11. The summed E-state index contributed by atoms with van der Waals surface area (Å²) in [5.74, 6) is 0.792. The van der Waals surface area contributed by atoms with Crippen molar-refractivity contribution >= 4 is 28.3 Å². The molecular weight excluding hydrogens is 528 g/mol. The van der Waals surface area contributed by atoms with Gasteiger partial charge in [-0.05, 0) is 51.1 Å². The lowest BCUT2D eigenvalue weighted by Gasteiger charge is -2.15. The van der Waals surface area contributed by atoms with E-state index in [0.29, 0.717) is 89.4 Å². The number of hydrogen-bond donors (Lipinski definition) is 1. The zero-order valence-electron chi connectivity index (χ0n) is 22.7. The Morgan fingerprint density at radius 3 is 2.36 bits per heavy atom. The SMILES string of the molecule is NCCCC(=O)CCCOc1cc2c([N+](=O)[O-])cc1OCCOCCOCCCCCOCCCC(=O)SC2. The second-order valence-corrected chi connectivity index (χ2v) is 10.1. The summed E-state index contributed by atoms with van der Waals surface area (Å²) >= 11 is 1.04. The number of thioether (sulfide) groups is 1. The Morgan fingerprint density at radius 2 is 1.62 bits per heavy atom. The van der Waals surface area contributed by atoms with Gasteiger partial charge in [0, 0.05) is 50.4 Å². The maximum atomic E-state index is 12.4. The predicted molar refractivity (Wildman–Crippen MR) is 148 cm³/mol. The molecule has 12 heteroatoms. The van der Waals surface area contributed by atoms with Crippen molar-refractivity contribution in [3.63, 3.8) is 0 Å². The van der Waals surface area contributed by atoms with Crippen molar-refractivity contribution in [1.29, 1.82) is 0 Å². The molecule has 1 aromatic carbocycles. The van der Waals surface area contributed by atoms with Crippen molar-refractivity contribution in [2.24, 2.45) is 5.73 Å². The van der Waals surface area contributed by atoms with Crippen LogP contribution in [0.2, 0.25) is 0 Å². The van der Waals surface area contributed by atoms with Crippen LogP contribution in [-0.2, 0) is 29.6 Å². The van der Waals surface area contributed by atoms with Crippen molar-refractivity contribution in [2.45, 2.75) is 63.5 Å². The molecular formula is C27H42N2O9S. The second-order valence-electron chi connectivity index (χ2n) is 9.08. The Bertz CT molecular complexity index is 885. The molecule has 0 fully saturated rings. The third-order valence-corrected chi connectivity index (χ3v) is 6.83. The lowest BCUT2D eigenvalue weighted by atomic mass is 10.1. The average molecular weight is 571 g/mol. The Hall–Kier alpha value is -2.25. The van der Waals surface area contributed by atoms with E-state index in [1.807, 2.05) is 0 Å². The largest absolute Gasteiger partial charge is 0.490 e. The quantitative estimate of drug-likeness (QED) is 0.197. The Labute approximate surface area is 234 Å². The summed E-state index contributed by atoms with van der Waals surface area (Å²) in [5.41, 5.74) is 5.67. The Morgan fingerprint density at radius 1 is 0.949 bits per heavy atom. The monoisotopic (exact) mass is 570 g/mol. The van der Waals surface area contributed by atoms with Crippen molar-refractivity contribution in [3.05, 3.63) is 27.8 Å². The molecule has 2 aliphatic rings. The molecule has 2 aliphatic heterocycles. The number of ether oxygens (including phenoxy) is 5. The van der Waals surface area contributed by atoms with E-state index in [-0.39, 0.29) is 47.9 Å². The zero-order valence-corrected chi connectivity index (χ0v) is 23.5. The highest BCUT2D eigenvalue weighted by Gasteiger charge is 2.21. The first-order chi connectivity index (χ1) is 19.0. The van der Waals surface area contributed by atoms with E-state index in [0.717, 1.165) is 31.0 Å². The van der Waals surface area contributed by atoms with E-state index < -0.39 is 4.92 Å². The van der Waals surface area contributed by atoms with Gasteiger partial charge < -0.3 is 29.4 Å². The molecule has 0 spiro atoms. The van der Waals surface area contributed by atoms with E-state index in [2.05, 4.69) is 0 Å². The minimum atomic E-state index is -0.490. The fourth-order valence-corrected chi connectivity index (χ4v) is 4.58. The zero-order chi connectivity index (χ0) is 28.1. The first kappa shape index (κ1) is 33.0. The number of fused-ring (bicyclic) bond motifs is 20. The summed E-state index contributed by atoms with van der Waals surface area (Å²) in [5, 5.41) is 11.8. The summed E-state index contributed by atoms with van der Waals surface area (Å²) in [6.07, 6.45) is 5.77. The number of nitrogens with two attached hydrogens (primary N) is 1. The smallest absolute Gasteiger partial charge is 0.277 e. The average Bonchev–Trinajstić information content (AvgIpc) is 2.92. The lowest BCUT2D eigenvalue weighted by Crippen LogP contribution is -2.12. The highest BCUT2D eigenvalue weighted by molar-refractivity contribution is 8.12. The van der Waals surface area contributed by atoms with Crippen molar-refractivity contribution in [3.8, 4) is 11.5 Å². The number of nitrogens with zero attached hydrogens (tertiary/aromatic N) is 1. The van der Waals surface area contributed by atoms with E-state index >= 15 is 0 Å². The minimum Gasteiger partial charge on any atom is -0.490 e. The number of ketones is 1. The molecule has 3 rings (SSSR count). The van der Waals surface area contributed by atoms with Crippen LogP contribution in [0.3, 0.4) is 0 Å². The molecule has 2 N–H and O–H groups in total. The highest BCUT2D eigenvalue weighted by Crippen LogP contribution is 2.37. The molecule has 0 unspecified atom stereocenters. The summed E-state index contributed by atoms with van der Waals surface area (Å²) in [7, 11) is 0. The van der Waals surface area contributed by atoms with Crippen molar-refractivity contribution in [1.82, 2.24) is 0 Å². The third kappa shape index (κ3) is 14.6. The van der Waals surface area contributed by atoms with Crippen LogP contribution in [-0.4, -0.2) is 75.2 Å². The van der Waals surface area contributed by atoms with Gasteiger partial charge in [-0.2, -0.15) is 0 Å². The van der Waals surface area contributed by atoms with Crippen LogP contribution < -0.4 is 15.2 Å². The number of carbonyl (C=O) groups excluding carboxylic acids is 2. The third-order valence-electron chi connectivity index (χ3n) is 5.85. The Balaban J connectivity index is 2.08. The number of carbonyl (C=O) groups is 2. The number of benzene rings is 1. The van der Waals surface area contributed by atoms with Crippen LogP contribution >= 0.6 is 11.8 Å². The number of rotatable bonds is 9. The second kappa shape index (κ2) is 20.6. The van der Waals surface area contributed by atoms with Gasteiger partial charge in [-0.15, -0.1) is 0 Å². The molecule has 39 heavy (non-hydrogen) atoms. The van der Waals surface area contributed by atoms with Crippen LogP contribution in [0, 0.1) is 10.1 Å². The van der Waals surface area contributed by atoms with E-state index in [1.165, 1.54) is 6.07 Å². The molecule has 1 aromatic rings. The van der Waals surface area contributed by atoms with Gasteiger partial charge in [0.05, 0.1) is 37.4 Å². The van der Waals surface area contributed by atoms with Crippen molar-refractivity contribution in [2.75, 3.05) is 59.4 Å². The van der Waals surface area contributed by atoms with Gasteiger partial charge >= 0.3 is 0 Å². The standard InChI is InChI=1S/C27H42N2O9S/c28-10-4-7-23(30)8-5-14-37-25-19-22-21-39-27(31)9-6-13-34-11-2-1-3-12-35-15-16-36-17-18-38-26(25)20-24(22)29(32)33/h19-20H,1-18,21,28H2. The van der Waals surface area contributed by atoms with E-state index in [1.54, 1.807) is 6.07 Å². The van der Waals surface area contributed by atoms with E-state index in [4.69, 9.17) is 29.4 Å². The minimum absolute atomic E-state index is 0.0561. The molecule has 0 aliphatic carbocycles. The molecule has 0 amide bonds. The van der Waals surface area contributed by atoms with Gasteiger partial charge in [0.2, 0.25) is 0 Å². The first-order valence-corrected chi connectivity index (χ1v) is 14.7. The summed E-state index contributed by atoms with van der Waals surface area (Å²) in [4.78, 5) is 35.7. The highest BCUT2D eigenvalue weighted by atomic mass is 32.2. The molecule has 0 radical (unpaired) electrons. The Kier molecular flexibility index (Phi) is 17.4. The van der Waals surface area contributed by atoms with Crippen LogP contribution in [0.1, 0.15) is 63.4 Å².